The molecule has 0 unspecified atom stereocenters. The van der Waals surface area contributed by atoms with Crippen LogP contribution in [0.5, 0.6) is 0 Å². The number of likely N-dealkylation sites (tertiary alicyclic amines) is 1. The molecule has 1 aliphatic heterocycles. The Morgan fingerprint density at radius 1 is 1.24 bits per heavy atom. The van der Waals surface area contributed by atoms with Crippen LogP contribution in [0.1, 0.15) is 50.8 Å². The van der Waals surface area contributed by atoms with E-state index in [4.69, 9.17) is 0 Å². The molecule has 0 spiro atoms. The van der Waals surface area contributed by atoms with E-state index in [-0.39, 0.29) is 6.61 Å². The van der Waals surface area contributed by atoms with Crippen LogP contribution >= 0.6 is 0 Å². The summed E-state index contributed by atoms with van der Waals surface area (Å²) in [7, 11) is 0. The van der Waals surface area contributed by atoms with Gasteiger partial charge in [-0.1, -0.05) is 38.1 Å². The van der Waals surface area contributed by atoms with E-state index < -0.39 is 0 Å². The highest BCUT2D eigenvalue weighted by Gasteiger charge is 2.21. The predicted octanol–water partition coefficient (Wildman–Crippen LogP) is 2.95. The van der Waals surface area contributed by atoms with Gasteiger partial charge in [0.05, 0.1) is 6.61 Å². The van der Waals surface area contributed by atoms with Crippen LogP contribution in [0.4, 0.5) is 0 Å². The number of nitrogens with one attached hydrogen (secondary N) is 1. The molecule has 1 saturated heterocycles. The molecule has 21 heavy (non-hydrogen) atoms. The number of piperidine rings is 1. The molecule has 0 amide bonds. The molecular weight excluding hydrogens is 260 g/mol. The number of hydrogen-bond acceptors (Lipinski definition) is 3. The van der Waals surface area contributed by atoms with Crippen LogP contribution < -0.4 is 5.32 Å². The van der Waals surface area contributed by atoms with Crippen molar-refractivity contribution < 1.29 is 5.11 Å². The summed E-state index contributed by atoms with van der Waals surface area (Å²) in [6, 6.07) is 9.21. The van der Waals surface area contributed by atoms with Crippen molar-refractivity contribution in [1.29, 1.82) is 0 Å². The molecule has 118 valence electrons. The number of benzene rings is 1. The van der Waals surface area contributed by atoms with E-state index in [0.717, 1.165) is 11.5 Å². The van der Waals surface area contributed by atoms with Crippen LogP contribution in [0.2, 0.25) is 0 Å². The molecule has 0 aromatic heterocycles. The second kappa shape index (κ2) is 7.92. The lowest BCUT2D eigenvalue weighted by molar-refractivity contribution is 0.175. The van der Waals surface area contributed by atoms with Gasteiger partial charge < -0.3 is 15.3 Å². The minimum Gasteiger partial charge on any atom is -0.392 e. The number of aliphatic hydroxyl groups excluding tert-OH is 1. The molecule has 0 radical (unpaired) electrons. The first-order valence-corrected chi connectivity index (χ1v) is 8.26. The summed E-state index contributed by atoms with van der Waals surface area (Å²) in [5, 5.41) is 13.0. The Morgan fingerprint density at radius 2 is 1.95 bits per heavy atom. The highest BCUT2D eigenvalue weighted by atomic mass is 16.3. The van der Waals surface area contributed by atoms with Gasteiger partial charge >= 0.3 is 0 Å². The van der Waals surface area contributed by atoms with Gasteiger partial charge in [0.25, 0.3) is 0 Å². The van der Waals surface area contributed by atoms with Crippen LogP contribution in [-0.4, -0.2) is 35.7 Å². The van der Waals surface area contributed by atoms with Gasteiger partial charge in [0, 0.05) is 18.6 Å². The smallest absolute Gasteiger partial charge is 0.0681 e. The monoisotopic (exact) mass is 290 g/mol. The van der Waals surface area contributed by atoms with Crippen LogP contribution in [0.15, 0.2) is 24.3 Å². The van der Waals surface area contributed by atoms with E-state index in [0.29, 0.717) is 12.1 Å². The van der Waals surface area contributed by atoms with Gasteiger partial charge in [-0.25, -0.2) is 0 Å². The van der Waals surface area contributed by atoms with Crippen molar-refractivity contribution in [3.63, 3.8) is 0 Å². The summed E-state index contributed by atoms with van der Waals surface area (Å²) in [6.45, 7) is 10.6. The molecule has 0 saturated carbocycles. The summed E-state index contributed by atoms with van der Waals surface area (Å²) in [5.41, 5.74) is 2.26. The van der Waals surface area contributed by atoms with Crippen molar-refractivity contribution in [1.82, 2.24) is 10.2 Å². The normalized spacial score (nSPS) is 19.1. The van der Waals surface area contributed by atoms with E-state index in [9.17, 15) is 5.11 Å². The lowest BCUT2D eigenvalue weighted by Gasteiger charge is -2.34. The van der Waals surface area contributed by atoms with E-state index in [1.54, 1.807) is 0 Å². The first-order chi connectivity index (χ1) is 10.1. The lowest BCUT2D eigenvalue weighted by atomic mass is 10.00. The molecule has 1 atom stereocenters. The van der Waals surface area contributed by atoms with Gasteiger partial charge in [-0.3, -0.25) is 0 Å². The molecule has 2 N–H and O–H groups in total. The summed E-state index contributed by atoms with van der Waals surface area (Å²) < 4.78 is 0. The predicted molar refractivity (Wildman–Crippen MR) is 88.2 cm³/mol. The highest BCUT2D eigenvalue weighted by Crippen LogP contribution is 2.19. The number of nitrogens with zero attached hydrogens (tertiary/aromatic N) is 1. The van der Waals surface area contributed by atoms with Gasteiger partial charge in [0.15, 0.2) is 0 Å². The minimum atomic E-state index is 0.119. The second-order valence-electron chi connectivity index (χ2n) is 6.76. The first-order valence-electron chi connectivity index (χ1n) is 8.26. The fourth-order valence-electron chi connectivity index (χ4n) is 3.21. The van der Waals surface area contributed by atoms with Crippen molar-refractivity contribution in [2.24, 2.45) is 5.92 Å². The third kappa shape index (κ3) is 5.10. The maximum absolute atomic E-state index is 9.24. The molecule has 1 aromatic carbocycles. The zero-order valence-corrected chi connectivity index (χ0v) is 13.7. The highest BCUT2D eigenvalue weighted by molar-refractivity contribution is 5.25. The van der Waals surface area contributed by atoms with Crippen molar-refractivity contribution >= 4 is 0 Å². The Bertz CT molecular complexity index is 425. The molecule has 1 fully saturated rings. The van der Waals surface area contributed by atoms with Crippen molar-refractivity contribution in [3.05, 3.63) is 35.4 Å². The Morgan fingerprint density at radius 3 is 2.57 bits per heavy atom. The molecule has 0 bridgehead atoms. The topological polar surface area (TPSA) is 35.5 Å². The van der Waals surface area contributed by atoms with Gasteiger partial charge in [0.1, 0.15) is 0 Å². The average molecular weight is 290 g/mol. The fourth-order valence-corrected chi connectivity index (χ4v) is 3.21. The molecule has 3 heteroatoms. The third-order valence-electron chi connectivity index (χ3n) is 4.33. The van der Waals surface area contributed by atoms with Crippen LogP contribution in [0.3, 0.4) is 0 Å². The molecule has 1 aliphatic rings. The Kier molecular flexibility index (Phi) is 6.22. The zero-order valence-electron chi connectivity index (χ0n) is 13.7. The number of aliphatic hydroxyl groups is 1. The van der Waals surface area contributed by atoms with Crippen LogP contribution in [-0.2, 0) is 6.61 Å². The average Bonchev–Trinajstić information content (AvgIpc) is 2.49. The molecule has 0 aliphatic carbocycles. The molecule has 1 heterocycles. The number of hydrogen-bond donors (Lipinski definition) is 2. The minimum absolute atomic E-state index is 0.119. The van der Waals surface area contributed by atoms with Crippen molar-refractivity contribution in [3.8, 4) is 0 Å². The molecular formula is C18H30N2O. The van der Waals surface area contributed by atoms with Crippen LogP contribution in [0.25, 0.3) is 0 Å². The second-order valence-corrected chi connectivity index (χ2v) is 6.76. The van der Waals surface area contributed by atoms with Gasteiger partial charge in [-0.05, 0) is 49.9 Å². The number of rotatable bonds is 6. The van der Waals surface area contributed by atoms with E-state index >= 15 is 0 Å². The van der Waals surface area contributed by atoms with E-state index in [1.165, 1.54) is 38.0 Å². The van der Waals surface area contributed by atoms with E-state index in [2.05, 4.69) is 43.1 Å². The maximum Gasteiger partial charge on any atom is 0.0681 e. The largest absolute Gasteiger partial charge is 0.392 e. The summed E-state index contributed by atoms with van der Waals surface area (Å²) in [6.07, 6.45) is 2.47. The zero-order chi connectivity index (χ0) is 15.2. The maximum atomic E-state index is 9.24. The Balaban J connectivity index is 1.82. The quantitative estimate of drug-likeness (QED) is 0.845. The fraction of sp³-hybridized carbons (Fsp3) is 0.667. The van der Waals surface area contributed by atoms with Gasteiger partial charge in [-0.15, -0.1) is 0 Å². The lowest BCUT2D eigenvalue weighted by Crippen LogP contribution is -2.44. The Labute approximate surface area is 129 Å². The standard InChI is InChI=1S/C18H30N2O/c1-14(2)12-20-9-7-18(8-10-20)19-15(3)17-6-4-5-16(11-17)13-21/h4-6,11,14-15,18-19,21H,7-10,12-13H2,1-3H3/t15-/m1/s1. The van der Waals surface area contributed by atoms with Gasteiger partial charge in [-0.2, -0.15) is 0 Å². The summed E-state index contributed by atoms with van der Waals surface area (Å²) >= 11 is 0. The summed E-state index contributed by atoms with van der Waals surface area (Å²) in [4.78, 5) is 2.58. The molecule has 1 aromatic rings. The molecule has 3 nitrogen and oxygen atoms in total. The van der Waals surface area contributed by atoms with Crippen molar-refractivity contribution in [2.75, 3.05) is 19.6 Å². The van der Waals surface area contributed by atoms with E-state index in [1.807, 2.05) is 12.1 Å². The SMILES string of the molecule is CC(C)CN1CCC(N[C@H](C)c2cccc(CO)c2)CC1. The van der Waals surface area contributed by atoms with Crippen LogP contribution in [0, 0.1) is 5.92 Å². The molecule has 2 rings (SSSR count). The summed E-state index contributed by atoms with van der Waals surface area (Å²) in [5.74, 6) is 0.759. The van der Waals surface area contributed by atoms with Crippen molar-refractivity contribution in [2.45, 2.75) is 52.3 Å². The Hall–Kier alpha value is -0.900. The first kappa shape index (κ1) is 16.5. The van der Waals surface area contributed by atoms with Gasteiger partial charge in [0.2, 0.25) is 0 Å². The third-order valence-corrected chi connectivity index (χ3v) is 4.33.